The summed E-state index contributed by atoms with van der Waals surface area (Å²) in [6.45, 7) is 3.76. The maximum atomic E-state index is 13.2. The molecule has 2 heterocycles. The Kier molecular flexibility index (Phi) is 6.54. The minimum absolute atomic E-state index is 0.0246. The molecule has 2 aromatic carbocycles. The Hall–Kier alpha value is -4.26. The number of rotatable bonds is 7. The van der Waals surface area contributed by atoms with E-state index in [-0.39, 0.29) is 23.4 Å². The molecule has 0 fully saturated rings. The molecule has 1 amide bonds. The number of pyridine rings is 2. The zero-order valence-electron chi connectivity index (χ0n) is 19.3. The van der Waals surface area contributed by atoms with E-state index in [9.17, 15) is 14.4 Å². The first-order valence-corrected chi connectivity index (χ1v) is 11.0. The molecule has 0 atom stereocenters. The van der Waals surface area contributed by atoms with E-state index in [1.54, 1.807) is 47.9 Å². The summed E-state index contributed by atoms with van der Waals surface area (Å²) >= 11 is 0. The van der Waals surface area contributed by atoms with Crippen molar-refractivity contribution in [1.29, 1.82) is 0 Å². The molecule has 4 aromatic rings. The number of amides is 1. The lowest BCUT2D eigenvalue weighted by molar-refractivity contribution is -0.116. The molecule has 0 bridgehead atoms. The van der Waals surface area contributed by atoms with Gasteiger partial charge in [-0.25, -0.2) is 4.98 Å². The average Bonchev–Trinajstić information content (AvgIpc) is 2.85. The van der Waals surface area contributed by atoms with Gasteiger partial charge in [-0.2, -0.15) is 0 Å². The fourth-order valence-corrected chi connectivity index (χ4v) is 3.72. The van der Waals surface area contributed by atoms with Gasteiger partial charge in [-0.3, -0.25) is 14.4 Å². The van der Waals surface area contributed by atoms with E-state index in [0.29, 0.717) is 28.3 Å². The van der Waals surface area contributed by atoms with Crippen LogP contribution < -0.4 is 15.5 Å². The number of aryl methyl sites for hydroxylation is 2. The number of anilines is 1. The topological polar surface area (TPSA) is 90.3 Å². The van der Waals surface area contributed by atoms with E-state index < -0.39 is 11.2 Å². The third kappa shape index (κ3) is 4.73. The summed E-state index contributed by atoms with van der Waals surface area (Å²) < 4.78 is 6.69. The normalized spacial score (nSPS) is 10.8. The molecule has 0 aliphatic heterocycles. The quantitative estimate of drug-likeness (QED) is 0.423. The van der Waals surface area contributed by atoms with Gasteiger partial charge in [0.25, 0.3) is 0 Å². The van der Waals surface area contributed by atoms with Gasteiger partial charge in [0.1, 0.15) is 17.9 Å². The van der Waals surface area contributed by atoms with Gasteiger partial charge in [0.05, 0.1) is 18.1 Å². The summed E-state index contributed by atoms with van der Waals surface area (Å²) in [5, 5.41) is 3.15. The highest BCUT2D eigenvalue weighted by atomic mass is 16.5. The second kappa shape index (κ2) is 9.70. The second-order valence-electron chi connectivity index (χ2n) is 7.98. The van der Waals surface area contributed by atoms with Crippen LogP contribution in [0, 0.1) is 6.92 Å². The third-order valence-corrected chi connectivity index (χ3v) is 5.62. The highest BCUT2D eigenvalue weighted by molar-refractivity contribution is 6.10. The maximum Gasteiger partial charge on any atom is 0.244 e. The summed E-state index contributed by atoms with van der Waals surface area (Å²) in [7, 11) is 1.54. The summed E-state index contributed by atoms with van der Waals surface area (Å²) in [5.74, 6) is -0.115. The van der Waals surface area contributed by atoms with Crippen LogP contribution >= 0.6 is 0 Å². The molecule has 0 saturated heterocycles. The van der Waals surface area contributed by atoms with Crippen molar-refractivity contribution in [1.82, 2.24) is 9.55 Å². The van der Waals surface area contributed by atoms with Crippen LogP contribution in [0.5, 0.6) is 5.75 Å². The molecule has 34 heavy (non-hydrogen) atoms. The molecule has 7 heteroatoms. The number of carbonyl (C=O) groups is 2. The number of carbonyl (C=O) groups excluding carboxylic acids is 2. The smallest absolute Gasteiger partial charge is 0.244 e. The van der Waals surface area contributed by atoms with Crippen LogP contribution in [0.1, 0.15) is 34.1 Å². The number of nitrogens with zero attached hydrogens (tertiary/aromatic N) is 2. The molecule has 0 saturated carbocycles. The van der Waals surface area contributed by atoms with Crippen molar-refractivity contribution in [3.63, 3.8) is 0 Å². The van der Waals surface area contributed by atoms with Crippen LogP contribution in [0.2, 0.25) is 0 Å². The van der Waals surface area contributed by atoms with Crippen LogP contribution in [0.4, 0.5) is 5.69 Å². The van der Waals surface area contributed by atoms with E-state index in [1.807, 2.05) is 24.3 Å². The number of ketones is 1. The van der Waals surface area contributed by atoms with Crippen LogP contribution in [0.15, 0.2) is 71.7 Å². The van der Waals surface area contributed by atoms with E-state index in [2.05, 4.69) is 17.2 Å². The second-order valence-corrected chi connectivity index (χ2v) is 7.98. The number of aromatic nitrogens is 2. The first-order chi connectivity index (χ1) is 16.4. The minimum Gasteiger partial charge on any atom is -0.497 e. The molecule has 0 aliphatic carbocycles. The molecule has 1 N–H and O–H groups in total. The first-order valence-electron chi connectivity index (χ1n) is 11.0. The zero-order chi connectivity index (χ0) is 24.2. The van der Waals surface area contributed by atoms with Gasteiger partial charge in [-0.05, 0) is 67.4 Å². The first kappa shape index (κ1) is 22.9. The lowest BCUT2D eigenvalue weighted by Crippen LogP contribution is -2.25. The van der Waals surface area contributed by atoms with Gasteiger partial charge < -0.3 is 14.6 Å². The Morgan fingerprint density at radius 2 is 1.71 bits per heavy atom. The van der Waals surface area contributed by atoms with Gasteiger partial charge >= 0.3 is 0 Å². The van der Waals surface area contributed by atoms with Crippen molar-refractivity contribution < 1.29 is 14.3 Å². The minimum atomic E-state index is -0.431. The van der Waals surface area contributed by atoms with Crippen molar-refractivity contribution in [2.24, 2.45) is 0 Å². The van der Waals surface area contributed by atoms with Crippen molar-refractivity contribution in [3.05, 3.63) is 99.5 Å². The fourth-order valence-electron chi connectivity index (χ4n) is 3.72. The number of ether oxygens (including phenoxy) is 1. The molecular formula is C27H25N3O4. The van der Waals surface area contributed by atoms with E-state index in [1.165, 1.54) is 18.9 Å². The van der Waals surface area contributed by atoms with Crippen LogP contribution in [0.25, 0.3) is 11.0 Å². The Labute approximate surface area is 197 Å². The van der Waals surface area contributed by atoms with E-state index in [4.69, 9.17) is 4.74 Å². The van der Waals surface area contributed by atoms with E-state index in [0.717, 1.165) is 6.42 Å². The van der Waals surface area contributed by atoms with Crippen LogP contribution in [-0.2, 0) is 17.8 Å². The molecule has 0 unspecified atom stereocenters. The van der Waals surface area contributed by atoms with Crippen molar-refractivity contribution in [2.45, 2.75) is 26.8 Å². The molecule has 0 spiro atoms. The number of hydrogen-bond acceptors (Lipinski definition) is 5. The van der Waals surface area contributed by atoms with Gasteiger partial charge in [-0.1, -0.05) is 19.1 Å². The largest absolute Gasteiger partial charge is 0.497 e. The van der Waals surface area contributed by atoms with Gasteiger partial charge in [-0.15, -0.1) is 0 Å². The van der Waals surface area contributed by atoms with Crippen LogP contribution in [-0.4, -0.2) is 28.4 Å². The summed E-state index contributed by atoms with van der Waals surface area (Å²) in [6, 6.07) is 17.5. The third-order valence-electron chi connectivity index (χ3n) is 5.62. The maximum absolute atomic E-state index is 13.2. The van der Waals surface area contributed by atoms with Crippen molar-refractivity contribution in [3.8, 4) is 5.75 Å². The highest BCUT2D eigenvalue weighted by Crippen LogP contribution is 2.17. The highest BCUT2D eigenvalue weighted by Gasteiger charge is 2.19. The summed E-state index contributed by atoms with van der Waals surface area (Å²) in [5.41, 5.74) is 2.80. The molecule has 4 rings (SSSR count). The predicted molar refractivity (Wildman–Crippen MR) is 132 cm³/mol. The lowest BCUT2D eigenvalue weighted by atomic mass is 10.0. The number of benzene rings is 2. The zero-order valence-corrected chi connectivity index (χ0v) is 19.3. The van der Waals surface area contributed by atoms with Crippen molar-refractivity contribution in [2.75, 3.05) is 12.4 Å². The number of nitrogens with one attached hydrogen (secondary N) is 1. The number of hydrogen-bond donors (Lipinski definition) is 1. The monoisotopic (exact) mass is 455 g/mol. The molecular weight excluding hydrogens is 430 g/mol. The summed E-state index contributed by atoms with van der Waals surface area (Å²) in [4.78, 5) is 43.7. The molecule has 0 aliphatic rings. The standard InChI is InChI=1S/C27H25N3O4/c1-4-18-6-10-20(11-7-18)29-24(31)16-30-15-23(25(32)19-8-12-21(34-3)13-9-19)26(33)22-14-5-17(2)28-27(22)30/h5-15H,4,16H2,1-3H3,(H,29,31). The van der Waals surface area contributed by atoms with E-state index >= 15 is 0 Å². The number of methoxy groups -OCH3 is 1. The van der Waals surface area contributed by atoms with Crippen molar-refractivity contribution >= 4 is 28.4 Å². The Bertz CT molecular complexity index is 1420. The SMILES string of the molecule is CCc1ccc(NC(=O)Cn2cc(C(=O)c3ccc(OC)cc3)c(=O)c3ccc(C)nc32)cc1. The Morgan fingerprint density at radius 1 is 1.00 bits per heavy atom. The molecule has 2 aromatic heterocycles. The fraction of sp³-hybridized carbons (Fsp3) is 0.185. The lowest BCUT2D eigenvalue weighted by Gasteiger charge is -2.13. The Morgan fingerprint density at radius 3 is 2.35 bits per heavy atom. The predicted octanol–water partition coefficient (Wildman–Crippen LogP) is 4.15. The molecule has 7 nitrogen and oxygen atoms in total. The summed E-state index contributed by atoms with van der Waals surface area (Å²) in [6.07, 6.45) is 2.33. The van der Waals surface area contributed by atoms with Crippen LogP contribution in [0.3, 0.4) is 0 Å². The van der Waals surface area contributed by atoms with Gasteiger partial charge in [0.15, 0.2) is 5.78 Å². The van der Waals surface area contributed by atoms with Gasteiger partial charge in [0, 0.05) is 23.1 Å². The molecule has 172 valence electrons. The molecule has 0 radical (unpaired) electrons. The number of fused-ring (bicyclic) bond motifs is 1. The van der Waals surface area contributed by atoms with Gasteiger partial charge in [0.2, 0.25) is 11.3 Å². The Balaban J connectivity index is 1.71. The average molecular weight is 456 g/mol.